The van der Waals surface area contributed by atoms with Crippen molar-refractivity contribution in [3.8, 4) is 34.1 Å². The first-order valence-electron chi connectivity index (χ1n) is 21.8. The van der Waals surface area contributed by atoms with Gasteiger partial charge in [0.15, 0.2) is 16.3 Å². The van der Waals surface area contributed by atoms with Gasteiger partial charge in [-0.15, -0.1) is 0 Å². The third-order valence-corrected chi connectivity index (χ3v) is 15.1. The molecule has 0 heterocycles. The van der Waals surface area contributed by atoms with Crippen molar-refractivity contribution in [1.82, 2.24) is 0 Å². The molecule has 0 unspecified atom stereocenters. The summed E-state index contributed by atoms with van der Waals surface area (Å²) < 4.78 is 27.3. The van der Waals surface area contributed by atoms with E-state index in [2.05, 4.69) is 103 Å². The van der Waals surface area contributed by atoms with Crippen LogP contribution in [-0.2, 0) is 11.3 Å². The molecule has 0 fully saturated rings. The second-order valence-electron chi connectivity index (χ2n) is 15.8. The number of carbonyl (C=O) groups is 1. The van der Waals surface area contributed by atoms with E-state index >= 15 is 4.79 Å². The SMILES string of the molecule is Cc1ccc(Oc2ccc(COC(=O)c3cc4ccccc4c(-c4c(OP(c5ccccc5)c5ccccc5)ccc5ccccc45)c3OP(c3ccccc3)c3ccccc3)cc2)cc1. The average Bonchev–Trinajstić information content (AvgIpc) is 3.38. The minimum Gasteiger partial charge on any atom is -0.464 e. The number of benzene rings is 10. The van der Waals surface area contributed by atoms with E-state index in [1.165, 1.54) is 0 Å². The van der Waals surface area contributed by atoms with Crippen LogP contribution in [0.25, 0.3) is 32.7 Å². The number of hydrogen-bond acceptors (Lipinski definition) is 5. The van der Waals surface area contributed by atoms with Crippen LogP contribution in [0.15, 0.2) is 237 Å². The van der Waals surface area contributed by atoms with Gasteiger partial charge in [-0.2, -0.15) is 0 Å². The molecule has 5 nitrogen and oxygen atoms in total. The molecule has 0 aliphatic heterocycles. The Morgan fingerprint density at radius 1 is 0.439 bits per heavy atom. The Hall–Kier alpha value is -7.55. The summed E-state index contributed by atoms with van der Waals surface area (Å²) in [6.07, 6.45) is 0. The first kappa shape index (κ1) is 42.4. The minimum atomic E-state index is -1.51. The van der Waals surface area contributed by atoms with Gasteiger partial charge in [-0.05, 0) is 70.4 Å². The molecular formula is C59H44O5P2. The van der Waals surface area contributed by atoms with E-state index in [4.69, 9.17) is 18.5 Å². The van der Waals surface area contributed by atoms with Crippen molar-refractivity contribution >= 4 is 65.0 Å². The van der Waals surface area contributed by atoms with Gasteiger partial charge >= 0.3 is 5.97 Å². The van der Waals surface area contributed by atoms with Crippen LogP contribution >= 0.6 is 16.3 Å². The number of ether oxygens (including phenoxy) is 2. The first-order valence-corrected chi connectivity index (χ1v) is 24.3. The molecule has 0 N–H and O–H groups in total. The molecule has 7 heteroatoms. The summed E-state index contributed by atoms with van der Waals surface area (Å²) in [5.41, 5.74) is 3.87. The molecule has 10 aromatic carbocycles. The van der Waals surface area contributed by atoms with E-state index in [0.717, 1.165) is 70.8 Å². The van der Waals surface area contributed by atoms with Gasteiger partial charge in [-0.1, -0.05) is 206 Å². The van der Waals surface area contributed by atoms with Crippen molar-refractivity contribution in [3.63, 3.8) is 0 Å². The van der Waals surface area contributed by atoms with Crippen molar-refractivity contribution in [3.05, 3.63) is 253 Å². The van der Waals surface area contributed by atoms with Gasteiger partial charge in [0.25, 0.3) is 0 Å². The van der Waals surface area contributed by atoms with Crippen molar-refractivity contribution in [2.24, 2.45) is 0 Å². The van der Waals surface area contributed by atoms with Crippen molar-refractivity contribution in [2.45, 2.75) is 13.5 Å². The van der Waals surface area contributed by atoms with Crippen LogP contribution in [0.2, 0.25) is 0 Å². The number of esters is 1. The van der Waals surface area contributed by atoms with Crippen molar-refractivity contribution in [2.75, 3.05) is 0 Å². The summed E-state index contributed by atoms with van der Waals surface area (Å²) in [7, 11) is -2.85. The maximum atomic E-state index is 15.0. The summed E-state index contributed by atoms with van der Waals surface area (Å²) in [6.45, 7) is 2.09. The van der Waals surface area contributed by atoms with E-state index in [1.807, 2.05) is 140 Å². The van der Waals surface area contributed by atoms with E-state index in [-0.39, 0.29) is 6.61 Å². The predicted molar refractivity (Wildman–Crippen MR) is 273 cm³/mol. The molecule has 0 aliphatic rings. The molecular weight excluding hydrogens is 851 g/mol. The molecule has 0 bridgehead atoms. The van der Waals surface area contributed by atoms with Gasteiger partial charge in [-0.3, -0.25) is 0 Å². The lowest BCUT2D eigenvalue weighted by Crippen LogP contribution is -2.18. The van der Waals surface area contributed by atoms with Gasteiger partial charge in [0.1, 0.15) is 35.2 Å². The van der Waals surface area contributed by atoms with E-state index in [0.29, 0.717) is 22.8 Å². The van der Waals surface area contributed by atoms with Gasteiger partial charge in [0.2, 0.25) is 0 Å². The van der Waals surface area contributed by atoms with Crippen LogP contribution < -0.4 is 35.0 Å². The minimum absolute atomic E-state index is 0.0401. The second-order valence-corrected chi connectivity index (χ2v) is 19.4. The number of carbonyl (C=O) groups excluding carboxylic acids is 1. The summed E-state index contributed by atoms with van der Waals surface area (Å²) in [4.78, 5) is 15.0. The molecule has 0 aliphatic carbocycles. The molecule has 0 saturated heterocycles. The summed E-state index contributed by atoms with van der Waals surface area (Å²) in [5, 5.41) is 7.89. The van der Waals surface area contributed by atoms with Crippen LogP contribution in [-0.4, -0.2) is 5.97 Å². The standard InChI is InChI=1S/C59H44O5P2/c1-42-30-35-46(36-31-42)62-47-37-32-43(33-38-47)41-61-59(60)54-40-45-19-15-17-29-53(45)57(58(54)64-66(50-24-10-4-11-25-50)51-26-12-5-13-27-51)56-52-28-16-14-18-44(52)34-39-55(56)63-65(48-20-6-2-7-21-48)49-22-8-3-9-23-49/h2-40H,41H2,1H3. The van der Waals surface area contributed by atoms with E-state index < -0.39 is 22.3 Å². The summed E-state index contributed by atoms with van der Waals surface area (Å²) in [6, 6.07) is 79.3. The van der Waals surface area contributed by atoms with Crippen LogP contribution in [0.3, 0.4) is 0 Å². The van der Waals surface area contributed by atoms with Crippen molar-refractivity contribution < 1.29 is 23.3 Å². The Labute approximate surface area is 387 Å². The van der Waals surface area contributed by atoms with Crippen molar-refractivity contribution in [1.29, 1.82) is 0 Å². The molecule has 0 saturated carbocycles. The zero-order valence-corrected chi connectivity index (χ0v) is 37.9. The highest BCUT2D eigenvalue weighted by molar-refractivity contribution is 7.69. The summed E-state index contributed by atoms with van der Waals surface area (Å²) >= 11 is 0. The lowest BCUT2D eigenvalue weighted by Gasteiger charge is -2.27. The van der Waals surface area contributed by atoms with Gasteiger partial charge in [0, 0.05) is 32.3 Å². The molecule has 0 radical (unpaired) electrons. The second kappa shape index (κ2) is 19.7. The highest BCUT2D eigenvalue weighted by atomic mass is 31.1. The Morgan fingerprint density at radius 2 is 0.894 bits per heavy atom. The highest BCUT2D eigenvalue weighted by Crippen LogP contribution is 2.53. The Morgan fingerprint density at radius 3 is 1.44 bits per heavy atom. The van der Waals surface area contributed by atoms with Crippen LogP contribution in [0.5, 0.6) is 23.0 Å². The van der Waals surface area contributed by atoms with E-state index in [9.17, 15) is 0 Å². The third-order valence-electron chi connectivity index (χ3n) is 11.2. The Kier molecular flexibility index (Phi) is 12.6. The average molecular weight is 895 g/mol. The quantitative estimate of drug-likeness (QED) is 0.0804. The smallest absolute Gasteiger partial charge is 0.342 e. The topological polar surface area (TPSA) is 54.0 Å². The fourth-order valence-electron chi connectivity index (χ4n) is 7.98. The third kappa shape index (κ3) is 9.32. The Bertz CT molecular complexity index is 3160. The van der Waals surface area contributed by atoms with Gasteiger partial charge < -0.3 is 18.5 Å². The zero-order valence-electron chi connectivity index (χ0n) is 36.2. The van der Waals surface area contributed by atoms with E-state index in [1.54, 1.807) is 0 Å². The number of fused-ring (bicyclic) bond motifs is 2. The molecule has 320 valence electrons. The number of rotatable bonds is 14. The highest BCUT2D eigenvalue weighted by Gasteiger charge is 2.30. The maximum Gasteiger partial charge on any atom is 0.342 e. The largest absolute Gasteiger partial charge is 0.464 e. The maximum absolute atomic E-state index is 15.0. The lowest BCUT2D eigenvalue weighted by molar-refractivity contribution is 0.0471. The molecule has 0 spiro atoms. The summed E-state index contributed by atoms with van der Waals surface area (Å²) in [5.74, 6) is 2.03. The van der Waals surface area contributed by atoms with Crippen LogP contribution in [0, 0.1) is 6.92 Å². The van der Waals surface area contributed by atoms with Gasteiger partial charge in [-0.25, -0.2) is 4.79 Å². The molecule has 0 amide bonds. The Balaban J connectivity index is 1.15. The number of hydrogen-bond donors (Lipinski definition) is 0. The number of aryl methyl sites for hydroxylation is 1. The zero-order chi connectivity index (χ0) is 44.7. The molecule has 10 aromatic rings. The monoisotopic (exact) mass is 894 g/mol. The first-order chi connectivity index (χ1) is 32.6. The fraction of sp³-hybridized carbons (Fsp3) is 0.0339. The lowest BCUT2D eigenvalue weighted by atomic mass is 9.90. The van der Waals surface area contributed by atoms with Crippen LogP contribution in [0.4, 0.5) is 0 Å². The molecule has 0 aromatic heterocycles. The normalized spacial score (nSPS) is 11.2. The molecule has 0 atom stereocenters. The molecule has 66 heavy (non-hydrogen) atoms. The van der Waals surface area contributed by atoms with Crippen LogP contribution in [0.1, 0.15) is 21.5 Å². The van der Waals surface area contributed by atoms with Gasteiger partial charge in [0.05, 0.1) is 0 Å². The molecule has 10 rings (SSSR count). The predicted octanol–water partition coefficient (Wildman–Crippen LogP) is 14.0. The fourth-order valence-corrected chi connectivity index (χ4v) is 11.5.